The van der Waals surface area contributed by atoms with E-state index < -0.39 is 0 Å². The van der Waals surface area contributed by atoms with Gasteiger partial charge >= 0.3 is 5.97 Å². The Hall–Kier alpha value is -0.570. The molecule has 0 amide bonds. The largest absolute Gasteiger partial charge is 0.463 e. The normalized spacial score (nSPS) is 15.5. The first-order valence-electron chi connectivity index (χ1n) is 4.86. The smallest absolute Gasteiger partial charge is 0.307 e. The van der Waals surface area contributed by atoms with Crippen LogP contribution in [-0.4, -0.2) is 18.1 Å². The molecule has 2 unspecified atom stereocenters. The van der Waals surface area contributed by atoms with Crippen LogP contribution in [0.4, 0.5) is 0 Å². The van der Waals surface area contributed by atoms with Gasteiger partial charge in [-0.2, -0.15) is 0 Å². The molecular weight excluding hydrogens is 166 g/mol. The highest BCUT2D eigenvalue weighted by Crippen LogP contribution is 2.08. The number of rotatable bonds is 5. The zero-order valence-electron chi connectivity index (χ0n) is 9.04. The molecule has 0 aromatic carbocycles. The van der Waals surface area contributed by atoms with Crippen molar-refractivity contribution in [2.45, 2.75) is 52.7 Å². The average Bonchev–Trinajstić information content (AvgIpc) is 1.80. The summed E-state index contributed by atoms with van der Waals surface area (Å²) >= 11 is 0. The summed E-state index contributed by atoms with van der Waals surface area (Å²) in [5, 5.41) is 0. The molecule has 2 N–H and O–H groups in total. The molecule has 0 fully saturated rings. The lowest BCUT2D eigenvalue weighted by Crippen LogP contribution is -2.24. The van der Waals surface area contributed by atoms with E-state index in [0.29, 0.717) is 12.3 Å². The van der Waals surface area contributed by atoms with Gasteiger partial charge in [0.1, 0.15) is 0 Å². The Balaban J connectivity index is 3.65. The van der Waals surface area contributed by atoms with E-state index in [0.717, 1.165) is 6.42 Å². The number of nitrogens with two attached hydrogens (primary N) is 1. The van der Waals surface area contributed by atoms with Crippen LogP contribution in [0.3, 0.4) is 0 Å². The number of esters is 1. The molecule has 0 spiro atoms. The molecule has 0 saturated carbocycles. The number of carbonyl (C=O) groups is 1. The van der Waals surface area contributed by atoms with Gasteiger partial charge in [-0.1, -0.05) is 13.8 Å². The van der Waals surface area contributed by atoms with E-state index in [-0.39, 0.29) is 18.1 Å². The molecule has 0 rings (SSSR count). The van der Waals surface area contributed by atoms with Crippen molar-refractivity contribution in [2.24, 2.45) is 11.7 Å². The van der Waals surface area contributed by atoms with E-state index in [1.54, 1.807) is 6.92 Å². The van der Waals surface area contributed by atoms with Gasteiger partial charge in [-0.25, -0.2) is 0 Å². The number of ether oxygens (including phenoxy) is 1. The van der Waals surface area contributed by atoms with E-state index in [4.69, 9.17) is 10.5 Å². The zero-order chi connectivity index (χ0) is 10.4. The molecular formula is C10H21NO2. The van der Waals surface area contributed by atoms with Crippen LogP contribution in [0, 0.1) is 5.92 Å². The van der Waals surface area contributed by atoms with Crippen molar-refractivity contribution in [3.05, 3.63) is 0 Å². The molecule has 0 bridgehead atoms. The Morgan fingerprint density at radius 1 is 1.31 bits per heavy atom. The second-order valence-corrected chi connectivity index (χ2v) is 4.11. The van der Waals surface area contributed by atoms with Gasteiger partial charge in [0.15, 0.2) is 0 Å². The van der Waals surface area contributed by atoms with Gasteiger partial charge in [0, 0.05) is 6.04 Å². The second-order valence-electron chi connectivity index (χ2n) is 4.11. The number of hydrogen-bond donors (Lipinski definition) is 1. The van der Waals surface area contributed by atoms with E-state index in [1.807, 2.05) is 6.92 Å². The van der Waals surface area contributed by atoms with Gasteiger partial charge in [-0.05, 0) is 26.2 Å². The minimum atomic E-state index is -0.192. The summed E-state index contributed by atoms with van der Waals surface area (Å²) < 4.78 is 5.15. The lowest BCUT2D eigenvalue weighted by Gasteiger charge is -2.15. The Morgan fingerprint density at radius 2 is 1.85 bits per heavy atom. The van der Waals surface area contributed by atoms with Crippen molar-refractivity contribution in [2.75, 3.05) is 0 Å². The highest BCUT2D eigenvalue weighted by molar-refractivity contribution is 5.70. The standard InChI is InChI=1S/C10H21NO2/c1-7(2)5-9(4)13-10(12)6-8(3)11/h7-9H,5-6,11H2,1-4H3. The van der Waals surface area contributed by atoms with Crippen LogP contribution < -0.4 is 5.73 Å². The average molecular weight is 187 g/mol. The van der Waals surface area contributed by atoms with E-state index >= 15 is 0 Å². The van der Waals surface area contributed by atoms with E-state index in [9.17, 15) is 4.79 Å². The van der Waals surface area contributed by atoms with Crippen molar-refractivity contribution < 1.29 is 9.53 Å². The molecule has 0 heterocycles. The monoisotopic (exact) mass is 187 g/mol. The van der Waals surface area contributed by atoms with Crippen LogP contribution in [0.25, 0.3) is 0 Å². The first-order chi connectivity index (χ1) is 5.91. The van der Waals surface area contributed by atoms with Gasteiger partial charge in [0.05, 0.1) is 12.5 Å². The van der Waals surface area contributed by atoms with Crippen molar-refractivity contribution in [3.63, 3.8) is 0 Å². The first kappa shape index (κ1) is 12.4. The molecule has 0 aliphatic heterocycles. The van der Waals surface area contributed by atoms with Crippen LogP contribution in [0.2, 0.25) is 0 Å². The fourth-order valence-corrected chi connectivity index (χ4v) is 1.25. The van der Waals surface area contributed by atoms with Gasteiger partial charge in [-0.15, -0.1) is 0 Å². The Morgan fingerprint density at radius 3 is 2.23 bits per heavy atom. The van der Waals surface area contributed by atoms with Crippen LogP contribution in [0.1, 0.15) is 40.5 Å². The van der Waals surface area contributed by atoms with Crippen molar-refractivity contribution in [1.29, 1.82) is 0 Å². The Labute approximate surface area is 80.6 Å². The molecule has 0 aromatic heterocycles. The Bertz CT molecular complexity index is 155. The quantitative estimate of drug-likeness (QED) is 0.666. The second kappa shape index (κ2) is 5.97. The third-order valence-electron chi connectivity index (χ3n) is 1.62. The molecule has 78 valence electrons. The molecule has 0 radical (unpaired) electrons. The summed E-state index contributed by atoms with van der Waals surface area (Å²) in [6, 6.07) is -0.112. The maximum absolute atomic E-state index is 11.1. The molecule has 0 aliphatic rings. The number of hydrogen-bond acceptors (Lipinski definition) is 3. The molecule has 13 heavy (non-hydrogen) atoms. The van der Waals surface area contributed by atoms with Gasteiger partial charge in [-0.3, -0.25) is 4.79 Å². The third kappa shape index (κ3) is 7.78. The maximum Gasteiger partial charge on any atom is 0.307 e. The van der Waals surface area contributed by atoms with Crippen molar-refractivity contribution in [3.8, 4) is 0 Å². The fraction of sp³-hybridized carbons (Fsp3) is 0.900. The lowest BCUT2D eigenvalue weighted by atomic mass is 10.1. The number of carbonyl (C=O) groups excluding carboxylic acids is 1. The highest BCUT2D eigenvalue weighted by Gasteiger charge is 2.12. The Kier molecular flexibility index (Phi) is 5.71. The van der Waals surface area contributed by atoms with Gasteiger partial charge in [0.2, 0.25) is 0 Å². The molecule has 0 aliphatic carbocycles. The molecule has 3 heteroatoms. The molecule has 2 atom stereocenters. The van der Waals surface area contributed by atoms with Gasteiger partial charge in [0.25, 0.3) is 0 Å². The first-order valence-corrected chi connectivity index (χ1v) is 4.86. The SMILES string of the molecule is CC(C)CC(C)OC(=O)CC(C)N. The van der Waals surface area contributed by atoms with Crippen LogP contribution in [0.15, 0.2) is 0 Å². The topological polar surface area (TPSA) is 52.3 Å². The van der Waals surface area contributed by atoms with E-state index in [2.05, 4.69) is 13.8 Å². The predicted molar refractivity (Wildman–Crippen MR) is 53.3 cm³/mol. The minimum Gasteiger partial charge on any atom is -0.463 e. The van der Waals surface area contributed by atoms with Crippen LogP contribution in [-0.2, 0) is 9.53 Å². The van der Waals surface area contributed by atoms with E-state index in [1.165, 1.54) is 0 Å². The zero-order valence-corrected chi connectivity index (χ0v) is 9.04. The van der Waals surface area contributed by atoms with Gasteiger partial charge < -0.3 is 10.5 Å². The summed E-state index contributed by atoms with van der Waals surface area (Å²) in [6.45, 7) is 7.93. The minimum absolute atomic E-state index is 0.00579. The van der Waals surface area contributed by atoms with Crippen molar-refractivity contribution in [1.82, 2.24) is 0 Å². The molecule has 3 nitrogen and oxygen atoms in total. The molecule has 0 saturated heterocycles. The lowest BCUT2D eigenvalue weighted by molar-refractivity contribution is -0.149. The van der Waals surface area contributed by atoms with Crippen LogP contribution >= 0.6 is 0 Å². The summed E-state index contributed by atoms with van der Waals surface area (Å²) in [5.74, 6) is 0.362. The fourth-order valence-electron chi connectivity index (χ4n) is 1.25. The van der Waals surface area contributed by atoms with Crippen molar-refractivity contribution >= 4 is 5.97 Å². The predicted octanol–water partition coefficient (Wildman–Crippen LogP) is 1.70. The summed E-state index contributed by atoms with van der Waals surface area (Å²) in [4.78, 5) is 11.1. The van der Waals surface area contributed by atoms with Crippen LogP contribution in [0.5, 0.6) is 0 Å². The third-order valence-corrected chi connectivity index (χ3v) is 1.62. The maximum atomic E-state index is 11.1. The summed E-state index contributed by atoms with van der Waals surface area (Å²) in [5.41, 5.74) is 5.47. The highest BCUT2D eigenvalue weighted by atomic mass is 16.5. The molecule has 0 aromatic rings. The summed E-state index contributed by atoms with van der Waals surface area (Å²) in [6.07, 6.45) is 1.22. The summed E-state index contributed by atoms with van der Waals surface area (Å²) in [7, 11) is 0.